The van der Waals surface area contributed by atoms with Gasteiger partial charge in [0.05, 0.1) is 16.4 Å². The van der Waals surface area contributed by atoms with Gasteiger partial charge in [-0.3, -0.25) is 4.68 Å². The van der Waals surface area contributed by atoms with E-state index >= 15 is 0 Å². The smallest absolute Gasteiger partial charge is 0.257 e. The molecule has 0 unspecified atom stereocenters. The zero-order valence-corrected chi connectivity index (χ0v) is 12.6. The molecule has 0 amide bonds. The number of halogens is 1. The van der Waals surface area contributed by atoms with Crippen molar-refractivity contribution in [2.75, 3.05) is 5.73 Å². The summed E-state index contributed by atoms with van der Waals surface area (Å²) in [6, 6.07) is 5.41. The van der Waals surface area contributed by atoms with E-state index in [2.05, 4.69) is 10.1 Å². The highest BCUT2D eigenvalue weighted by Gasteiger charge is 2.13. The molecule has 3 aromatic rings. The minimum Gasteiger partial charge on any atom is -0.431 e. The van der Waals surface area contributed by atoms with Crippen LogP contribution in [0.3, 0.4) is 0 Å². The molecule has 20 heavy (non-hydrogen) atoms. The zero-order valence-electron chi connectivity index (χ0n) is 11.1. The highest BCUT2D eigenvalue weighted by molar-refractivity contribution is 7.98. The summed E-state index contributed by atoms with van der Waals surface area (Å²) in [7, 11) is 1.88. The molecule has 7 heteroatoms. The first-order chi connectivity index (χ1) is 9.54. The van der Waals surface area contributed by atoms with E-state index in [4.69, 9.17) is 21.8 Å². The molecule has 0 saturated carbocycles. The van der Waals surface area contributed by atoms with Gasteiger partial charge in [0.15, 0.2) is 5.58 Å². The number of nitrogens with two attached hydrogens (primary N) is 1. The van der Waals surface area contributed by atoms with Crippen LogP contribution < -0.4 is 5.73 Å². The Balaban J connectivity index is 1.83. The number of hydrogen-bond acceptors (Lipinski definition) is 5. The lowest BCUT2D eigenvalue weighted by Gasteiger charge is -1.99. The van der Waals surface area contributed by atoms with Gasteiger partial charge in [-0.1, -0.05) is 23.4 Å². The third-order valence-electron chi connectivity index (χ3n) is 2.99. The fourth-order valence-electron chi connectivity index (χ4n) is 1.95. The van der Waals surface area contributed by atoms with Crippen LogP contribution in [0, 0.1) is 6.92 Å². The van der Waals surface area contributed by atoms with Crippen LogP contribution >= 0.6 is 23.4 Å². The second-order valence-corrected chi connectivity index (χ2v) is 5.77. The number of nitrogen functional groups attached to an aromatic ring is 1. The van der Waals surface area contributed by atoms with E-state index in [1.807, 2.05) is 20.0 Å². The molecule has 0 aliphatic carbocycles. The van der Waals surface area contributed by atoms with Crippen LogP contribution in [0.1, 0.15) is 11.4 Å². The van der Waals surface area contributed by atoms with Crippen molar-refractivity contribution < 1.29 is 4.42 Å². The SMILES string of the molecule is Cc1nn(C)c(CSc2nc3cc(N)ccc3o2)c1Cl. The van der Waals surface area contributed by atoms with Gasteiger partial charge in [0.2, 0.25) is 0 Å². The highest BCUT2D eigenvalue weighted by atomic mass is 35.5. The molecule has 0 aliphatic rings. The van der Waals surface area contributed by atoms with Crippen LogP contribution in [0.5, 0.6) is 0 Å². The van der Waals surface area contributed by atoms with Gasteiger partial charge >= 0.3 is 0 Å². The van der Waals surface area contributed by atoms with Crippen LogP contribution in [0.4, 0.5) is 5.69 Å². The highest BCUT2D eigenvalue weighted by Crippen LogP contribution is 2.30. The molecule has 0 spiro atoms. The average molecular weight is 309 g/mol. The monoisotopic (exact) mass is 308 g/mol. The van der Waals surface area contributed by atoms with Crippen molar-refractivity contribution >= 4 is 40.1 Å². The van der Waals surface area contributed by atoms with Gasteiger partial charge in [-0.05, 0) is 25.1 Å². The molecule has 104 valence electrons. The van der Waals surface area contributed by atoms with E-state index < -0.39 is 0 Å². The summed E-state index contributed by atoms with van der Waals surface area (Å²) >= 11 is 7.70. The summed E-state index contributed by atoms with van der Waals surface area (Å²) < 4.78 is 7.44. The van der Waals surface area contributed by atoms with E-state index in [1.165, 1.54) is 11.8 Å². The van der Waals surface area contributed by atoms with Crippen LogP contribution in [-0.2, 0) is 12.8 Å². The fourth-order valence-corrected chi connectivity index (χ4v) is 3.16. The van der Waals surface area contributed by atoms with Crippen molar-refractivity contribution in [2.24, 2.45) is 7.05 Å². The molecule has 0 aliphatic heterocycles. The van der Waals surface area contributed by atoms with Gasteiger partial charge < -0.3 is 10.2 Å². The number of oxazole rings is 1. The number of aryl methyl sites for hydroxylation is 2. The number of anilines is 1. The first kappa shape index (κ1) is 13.3. The zero-order chi connectivity index (χ0) is 14.3. The van der Waals surface area contributed by atoms with Gasteiger partial charge in [0.1, 0.15) is 5.52 Å². The Kier molecular flexibility index (Phi) is 3.35. The number of thioether (sulfide) groups is 1. The van der Waals surface area contributed by atoms with E-state index in [1.54, 1.807) is 16.8 Å². The predicted molar refractivity (Wildman–Crippen MR) is 80.9 cm³/mol. The standard InChI is InChI=1S/C13H13ClN4OS/c1-7-12(14)10(18(2)17-7)6-20-13-16-9-5-8(15)3-4-11(9)19-13/h3-5H,6,15H2,1-2H3. The maximum Gasteiger partial charge on any atom is 0.257 e. The van der Waals surface area contributed by atoms with Crippen molar-refractivity contribution in [1.82, 2.24) is 14.8 Å². The summed E-state index contributed by atoms with van der Waals surface area (Å²) in [6.07, 6.45) is 0. The Bertz CT molecular complexity index is 780. The number of nitrogens with zero attached hydrogens (tertiary/aromatic N) is 3. The first-order valence-corrected chi connectivity index (χ1v) is 7.38. The van der Waals surface area contributed by atoms with Gasteiger partial charge in [0.25, 0.3) is 5.22 Å². The summed E-state index contributed by atoms with van der Waals surface area (Å²) in [6.45, 7) is 1.89. The van der Waals surface area contributed by atoms with Gasteiger partial charge in [0, 0.05) is 18.5 Å². The van der Waals surface area contributed by atoms with Gasteiger partial charge in [-0.2, -0.15) is 5.10 Å². The van der Waals surface area contributed by atoms with Crippen molar-refractivity contribution in [3.8, 4) is 0 Å². The molecule has 5 nitrogen and oxygen atoms in total. The van der Waals surface area contributed by atoms with Crippen molar-refractivity contribution in [3.63, 3.8) is 0 Å². The predicted octanol–water partition coefficient (Wildman–Crippen LogP) is 3.40. The number of rotatable bonds is 3. The van der Waals surface area contributed by atoms with Crippen LogP contribution in [-0.4, -0.2) is 14.8 Å². The summed E-state index contributed by atoms with van der Waals surface area (Å²) in [5, 5.41) is 5.57. The van der Waals surface area contributed by atoms with Crippen LogP contribution in [0.25, 0.3) is 11.1 Å². The fraction of sp³-hybridized carbons (Fsp3) is 0.231. The number of benzene rings is 1. The summed E-state index contributed by atoms with van der Waals surface area (Å²) in [4.78, 5) is 4.40. The Morgan fingerprint density at radius 1 is 1.45 bits per heavy atom. The van der Waals surface area contributed by atoms with Crippen molar-refractivity contribution in [3.05, 3.63) is 34.6 Å². The lowest BCUT2D eigenvalue weighted by atomic mass is 10.3. The van der Waals surface area contributed by atoms with E-state index in [0.29, 0.717) is 21.7 Å². The Morgan fingerprint density at radius 2 is 2.25 bits per heavy atom. The maximum atomic E-state index is 6.22. The first-order valence-electron chi connectivity index (χ1n) is 6.01. The third-order valence-corrected chi connectivity index (χ3v) is 4.32. The Hall–Kier alpha value is -1.66. The average Bonchev–Trinajstić information content (AvgIpc) is 2.89. The van der Waals surface area contributed by atoms with Crippen LogP contribution in [0.2, 0.25) is 5.02 Å². The second kappa shape index (κ2) is 5.03. The molecule has 0 atom stereocenters. The minimum absolute atomic E-state index is 0.598. The molecule has 0 bridgehead atoms. The lowest BCUT2D eigenvalue weighted by Crippen LogP contribution is -1.96. The van der Waals surface area contributed by atoms with Crippen molar-refractivity contribution in [1.29, 1.82) is 0 Å². The molecule has 0 fully saturated rings. The maximum absolute atomic E-state index is 6.22. The molecule has 2 heterocycles. The molecule has 1 aromatic carbocycles. The Labute approximate surface area is 125 Å². The van der Waals surface area contributed by atoms with E-state index in [-0.39, 0.29) is 0 Å². The van der Waals surface area contributed by atoms with Crippen LogP contribution in [0.15, 0.2) is 27.8 Å². The molecule has 0 saturated heterocycles. The number of fused-ring (bicyclic) bond motifs is 1. The topological polar surface area (TPSA) is 69.9 Å². The Morgan fingerprint density at radius 3 is 2.95 bits per heavy atom. The minimum atomic E-state index is 0.598. The molecule has 2 aromatic heterocycles. The molecular weight excluding hydrogens is 296 g/mol. The quantitative estimate of drug-likeness (QED) is 0.593. The van der Waals surface area contributed by atoms with Gasteiger partial charge in [-0.15, -0.1) is 0 Å². The van der Waals surface area contributed by atoms with E-state index in [0.717, 1.165) is 22.5 Å². The molecule has 3 rings (SSSR count). The number of hydrogen-bond donors (Lipinski definition) is 1. The summed E-state index contributed by atoms with van der Waals surface area (Å²) in [5.41, 5.74) is 9.67. The van der Waals surface area contributed by atoms with Gasteiger partial charge in [-0.25, -0.2) is 4.98 Å². The molecule has 0 radical (unpaired) electrons. The second-order valence-electron chi connectivity index (χ2n) is 4.47. The molecular formula is C13H13ClN4OS. The normalized spacial score (nSPS) is 11.3. The lowest BCUT2D eigenvalue weighted by molar-refractivity contribution is 0.489. The summed E-state index contributed by atoms with van der Waals surface area (Å²) in [5.74, 6) is 0.651. The van der Waals surface area contributed by atoms with E-state index in [9.17, 15) is 0 Å². The largest absolute Gasteiger partial charge is 0.431 e. The third kappa shape index (κ3) is 2.36. The van der Waals surface area contributed by atoms with Crippen molar-refractivity contribution in [2.45, 2.75) is 17.9 Å². The number of aromatic nitrogens is 3. The molecule has 2 N–H and O–H groups in total.